The minimum Gasteiger partial charge on any atom is -0.481 e. The molecule has 0 radical (unpaired) electrons. The second-order valence-electron chi connectivity index (χ2n) is 4.06. The van der Waals surface area contributed by atoms with Crippen LogP contribution in [0.3, 0.4) is 0 Å². The number of hydrogen-bond donors (Lipinski definition) is 2. The summed E-state index contributed by atoms with van der Waals surface area (Å²) in [5.74, 6) is -1.28. The number of carbonyl (C=O) groups is 1. The molecular formula is C14H21NO3. The Morgan fingerprint density at radius 3 is 2.72 bits per heavy atom. The average molecular weight is 251 g/mol. The van der Waals surface area contributed by atoms with Crippen molar-refractivity contribution in [1.29, 1.82) is 0 Å². The summed E-state index contributed by atoms with van der Waals surface area (Å²) in [7, 11) is 0. The predicted molar refractivity (Wildman–Crippen MR) is 70.8 cm³/mol. The SMILES string of the molecule is CCOCCCNCC(C(=O)O)c1ccccc1. The van der Waals surface area contributed by atoms with Crippen molar-refractivity contribution in [2.45, 2.75) is 19.3 Å². The Kier molecular flexibility index (Phi) is 7.06. The Morgan fingerprint density at radius 2 is 2.11 bits per heavy atom. The molecule has 0 spiro atoms. The van der Waals surface area contributed by atoms with E-state index in [9.17, 15) is 9.90 Å². The first-order valence-corrected chi connectivity index (χ1v) is 6.32. The number of aliphatic carboxylic acids is 1. The molecule has 1 aromatic carbocycles. The third-order valence-corrected chi connectivity index (χ3v) is 2.69. The van der Waals surface area contributed by atoms with Crippen LogP contribution in [0.15, 0.2) is 30.3 Å². The van der Waals surface area contributed by atoms with Gasteiger partial charge < -0.3 is 15.2 Å². The molecule has 4 nitrogen and oxygen atoms in total. The molecule has 1 aromatic rings. The second-order valence-corrected chi connectivity index (χ2v) is 4.06. The molecule has 0 aliphatic heterocycles. The van der Waals surface area contributed by atoms with E-state index in [4.69, 9.17) is 4.74 Å². The lowest BCUT2D eigenvalue weighted by molar-refractivity contribution is -0.138. The number of benzene rings is 1. The third kappa shape index (κ3) is 5.29. The van der Waals surface area contributed by atoms with E-state index in [2.05, 4.69) is 5.32 Å². The molecular weight excluding hydrogens is 230 g/mol. The molecule has 2 N–H and O–H groups in total. The molecule has 0 saturated heterocycles. The van der Waals surface area contributed by atoms with Crippen molar-refractivity contribution in [3.63, 3.8) is 0 Å². The van der Waals surface area contributed by atoms with Gasteiger partial charge in [-0.05, 0) is 25.5 Å². The molecule has 0 aliphatic rings. The molecule has 0 fully saturated rings. The fraction of sp³-hybridized carbons (Fsp3) is 0.500. The number of ether oxygens (including phenoxy) is 1. The van der Waals surface area contributed by atoms with E-state index in [0.29, 0.717) is 13.2 Å². The summed E-state index contributed by atoms with van der Waals surface area (Å²) in [4.78, 5) is 11.2. The summed E-state index contributed by atoms with van der Waals surface area (Å²) in [6, 6.07) is 9.31. The zero-order valence-corrected chi connectivity index (χ0v) is 10.8. The fourth-order valence-electron chi connectivity index (χ4n) is 1.72. The van der Waals surface area contributed by atoms with Crippen LogP contribution < -0.4 is 5.32 Å². The largest absolute Gasteiger partial charge is 0.481 e. The van der Waals surface area contributed by atoms with Gasteiger partial charge >= 0.3 is 5.97 Å². The molecule has 1 unspecified atom stereocenters. The van der Waals surface area contributed by atoms with Crippen LogP contribution in [0, 0.1) is 0 Å². The van der Waals surface area contributed by atoms with Gasteiger partial charge in [0.1, 0.15) is 0 Å². The molecule has 1 rings (SSSR count). The van der Waals surface area contributed by atoms with Crippen LogP contribution >= 0.6 is 0 Å². The van der Waals surface area contributed by atoms with Gasteiger partial charge in [0.15, 0.2) is 0 Å². The zero-order valence-electron chi connectivity index (χ0n) is 10.8. The van der Waals surface area contributed by atoms with Crippen LogP contribution in [0.25, 0.3) is 0 Å². The highest BCUT2D eigenvalue weighted by Gasteiger charge is 2.18. The van der Waals surface area contributed by atoms with Gasteiger partial charge in [0.05, 0.1) is 5.92 Å². The zero-order chi connectivity index (χ0) is 13.2. The van der Waals surface area contributed by atoms with Crippen molar-refractivity contribution >= 4 is 5.97 Å². The number of carboxylic acid groups (broad SMARTS) is 1. The van der Waals surface area contributed by atoms with Gasteiger partial charge in [-0.25, -0.2) is 0 Å². The maximum absolute atomic E-state index is 11.2. The van der Waals surface area contributed by atoms with E-state index in [-0.39, 0.29) is 0 Å². The number of carboxylic acids is 1. The van der Waals surface area contributed by atoms with Crippen molar-refractivity contribution in [3.8, 4) is 0 Å². The normalized spacial score (nSPS) is 12.3. The van der Waals surface area contributed by atoms with E-state index in [1.165, 1.54) is 0 Å². The highest BCUT2D eigenvalue weighted by molar-refractivity contribution is 5.76. The number of nitrogens with one attached hydrogen (secondary N) is 1. The Hall–Kier alpha value is -1.39. The fourth-order valence-corrected chi connectivity index (χ4v) is 1.72. The minimum atomic E-state index is -0.793. The molecule has 4 heteroatoms. The first-order valence-electron chi connectivity index (χ1n) is 6.32. The van der Waals surface area contributed by atoms with E-state index >= 15 is 0 Å². The molecule has 1 atom stereocenters. The highest BCUT2D eigenvalue weighted by atomic mass is 16.5. The third-order valence-electron chi connectivity index (χ3n) is 2.69. The Bertz CT molecular complexity index is 340. The lowest BCUT2D eigenvalue weighted by Crippen LogP contribution is -2.28. The maximum atomic E-state index is 11.2. The van der Waals surface area contributed by atoms with E-state index in [1.807, 2.05) is 37.3 Å². The Morgan fingerprint density at radius 1 is 1.39 bits per heavy atom. The monoisotopic (exact) mass is 251 g/mol. The van der Waals surface area contributed by atoms with Gasteiger partial charge in [-0.3, -0.25) is 4.79 Å². The van der Waals surface area contributed by atoms with E-state index in [0.717, 1.165) is 25.1 Å². The summed E-state index contributed by atoms with van der Waals surface area (Å²) in [5, 5.41) is 12.4. The van der Waals surface area contributed by atoms with Crippen LogP contribution in [0.5, 0.6) is 0 Å². The number of rotatable bonds is 9. The van der Waals surface area contributed by atoms with E-state index in [1.54, 1.807) is 0 Å². The van der Waals surface area contributed by atoms with Crippen LogP contribution in [-0.2, 0) is 9.53 Å². The summed E-state index contributed by atoms with van der Waals surface area (Å²) in [6.45, 7) is 4.62. The molecule has 18 heavy (non-hydrogen) atoms. The van der Waals surface area contributed by atoms with Crippen molar-refractivity contribution in [3.05, 3.63) is 35.9 Å². The molecule has 0 bridgehead atoms. The van der Waals surface area contributed by atoms with Crippen LogP contribution in [0.1, 0.15) is 24.8 Å². The molecule has 0 heterocycles. The highest BCUT2D eigenvalue weighted by Crippen LogP contribution is 2.14. The minimum absolute atomic E-state index is 0.450. The van der Waals surface area contributed by atoms with Crippen LogP contribution in [-0.4, -0.2) is 37.4 Å². The quantitative estimate of drug-likeness (QED) is 0.658. The summed E-state index contributed by atoms with van der Waals surface area (Å²) >= 11 is 0. The molecule has 0 amide bonds. The van der Waals surface area contributed by atoms with Crippen molar-refractivity contribution < 1.29 is 14.6 Å². The lowest BCUT2D eigenvalue weighted by atomic mass is 9.99. The lowest BCUT2D eigenvalue weighted by Gasteiger charge is -2.13. The van der Waals surface area contributed by atoms with Gasteiger partial charge in [-0.1, -0.05) is 30.3 Å². The summed E-state index contributed by atoms with van der Waals surface area (Å²) in [5.41, 5.74) is 0.835. The summed E-state index contributed by atoms with van der Waals surface area (Å²) < 4.78 is 5.22. The van der Waals surface area contributed by atoms with Crippen LogP contribution in [0.4, 0.5) is 0 Å². The Labute approximate surface area is 108 Å². The van der Waals surface area contributed by atoms with Crippen LogP contribution in [0.2, 0.25) is 0 Å². The van der Waals surface area contributed by atoms with E-state index < -0.39 is 11.9 Å². The van der Waals surface area contributed by atoms with Gasteiger partial charge in [0.2, 0.25) is 0 Å². The molecule has 0 aromatic heterocycles. The van der Waals surface area contributed by atoms with Crippen molar-refractivity contribution in [2.75, 3.05) is 26.3 Å². The van der Waals surface area contributed by atoms with Crippen molar-refractivity contribution in [1.82, 2.24) is 5.32 Å². The topological polar surface area (TPSA) is 58.6 Å². The molecule has 100 valence electrons. The smallest absolute Gasteiger partial charge is 0.312 e. The second kappa shape index (κ2) is 8.66. The first kappa shape index (κ1) is 14.7. The van der Waals surface area contributed by atoms with Gasteiger partial charge in [-0.15, -0.1) is 0 Å². The number of hydrogen-bond acceptors (Lipinski definition) is 3. The first-order chi connectivity index (χ1) is 8.75. The maximum Gasteiger partial charge on any atom is 0.312 e. The predicted octanol–water partition coefficient (Wildman–Crippen LogP) is 1.87. The van der Waals surface area contributed by atoms with Gasteiger partial charge in [-0.2, -0.15) is 0 Å². The molecule has 0 saturated carbocycles. The molecule has 0 aliphatic carbocycles. The van der Waals surface area contributed by atoms with Gasteiger partial charge in [0, 0.05) is 19.8 Å². The average Bonchev–Trinajstić information content (AvgIpc) is 2.38. The standard InChI is InChI=1S/C14H21NO3/c1-2-18-10-6-9-15-11-13(14(16)17)12-7-4-3-5-8-12/h3-5,7-8,13,15H,2,6,9-11H2,1H3,(H,16,17). The Balaban J connectivity index is 2.34. The van der Waals surface area contributed by atoms with Gasteiger partial charge in [0.25, 0.3) is 0 Å². The summed E-state index contributed by atoms with van der Waals surface area (Å²) in [6.07, 6.45) is 0.898. The van der Waals surface area contributed by atoms with Crippen molar-refractivity contribution in [2.24, 2.45) is 0 Å².